The van der Waals surface area contributed by atoms with Crippen LogP contribution in [0, 0.1) is 13.8 Å². The van der Waals surface area contributed by atoms with E-state index in [2.05, 4.69) is 67.6 Å². The lowest BCUT2D eigenvalue weighted by Crippen LogP contribution is -2.10. The van der Waals surface area contributed by atoms with E-state index in [1.165, 1.54) is 22.5 Å². The summed E-state index contributed by atoms with van der Waals surface area (Å²) in [4.78, 5) is 14.4. The fourth-order valence-electron chi connectivity index (χ4n) is 3.16. The van der Waals surface area contributed by atoms with Crippen LogP contribution in [0.25, 0.3) is 15.9 Å². The number of fused-ring (bicyclic) bond motifs is 1. The summed E-state index contributed by atoms with van der Waals surface area (Å²) in [5.41, 5.74) is 5.20. The van der Waals surface area contributed by atoms with E-state index in [-0.39, 0.29) is 5.91 Å². The molecular formula is C23H23N3OS. The molecule has 0 radical (unpaired) electrons. The first-order valence-corrected chi connectivity index (χ1v) is 10.2. The number of carbonyl (C=O) groups is 1. The summed E-state index contributed by atoms with van der Waals surface area (Å²) >= 11 is 1.47. The van der Waals surface area contributed by atoms with Crippen molar-refractivity contribution in [3.8, 4) is 5.69 Å². The van der Waals surface area contributed by atoms with Crippen LogP contribution in [-0.2, 0) is 0 Å². The highest BCUT2D eigenvalue weighted by Gasteiger charge is 2.17. The summed E-state index contributed by atoms with van der Waals surface area (Å²) in [6, 6.07) is 18.2. The van der Waals surface area contributed by atoms with Crippen molar-refractivity contribution in [2.24, 2.45) is 0 Å². The van der Waals surface area contributed by atoms with Crippen LogP contribution in [0.1, 0.15) is 46.3 Å². The molecule has 5 heteroatoms. The number of carbonyl (C=O) groups excluding carboxylic acids is 1. The first kappa shape index (κ1) is 18.4. The summed E-state index contributed by atoms with van der Waals surface area (Å²) in [6.45, 7) is 8.36. The van der Waals surface area contributed by atoms with Crippen LogP contribution in [0.4, 0.5) is 5.69 Å². The zero-order valence-corrected chi connectivity index (χ0v) is 17.3. The largest absolute Gasteiger partial charge is 0.321 e. The quantitative estimate of drug-likeness (QED) is 0.460. The highest BCUT2D eigenvalue weighted by Crippen LogP contribution is 2.31. The minimum atomic E-state index is -0.0895. The SMILES string of the molecule is Cc1ccc(-n2nc(C)c3cc(C(=O)Nc4ccc(C(C)C)cc4)sc32)cc1. The molecule has 142 valence electrons. The second-order valence-electron chi connectivity index (χ2n) is 7.39. The van der Waals surface area contributed by atoms with E-state index in [0.717, 1.165) is 27.3 Å². The lowest BCUT2D eigenvalue weighted by molar-refractivity contribution is 0.103. The summed E-state index contributed by atoms with van der Waals surface area (Å²) in [6.07, 6.45) is 0. The number of aryl methyl sites for hydroxylation is 2. The second kappa shape index (κ2) is 7.24. The molecule has 28 heavy (non-hydrogen) atoms. The van der Waals surface area contributed by atoms with Crippen molar-refractivity contribution < 1.29 is 4.79 Å². The summed E-state index contributed by atoms with van der Waals surface area (Å²) in [5.74, 6) is 0.383. The maximum absolute atomic E-state index is 12.8. The number of hydrogen-bond donors (Lipinski definition) is 1. The van der Waals surface area contributed by atoms with Crippen molar-refractivity contribution in [1.29, 1.82) is 0 Å². The Morgan fingerprint density at radius 3 is 2.36 bits per heavy atom. The molecule has 2 aromatic heterocycles. The molecule has 0 saturated heterocycles. The van der Waals surface area contributed by atoms with Crippen LogP contribution in [0.2, 0.25) is 0 Å². The lowest BCUT2D eigenvalue weighted by atomic mass is 10.0. The number of rotatable bonds is 4. The van der Waals surface area contributed by atoms with Gasteiger partial charge >= 0.3 is 0 Å². The molecule has 2 aromatic carbocycles. The zero-order chi connectivity index (χ0) is 19.8. The van der Waals surface area contributed by atoms with Crippen LogP contribution >= 0.6 is 11.3 Å². The molecule has 4 nitrogen and oxygen atoms in total. The van der Waals surface area contributed by atoms with Gasteiger partial charge in [0.15, 0.2) is 0 Å². The van der Waals surface area contributed by atoms with Gasteiger partial charge in [0.2, 0.25) is 0 Å². The van der Waals surface area contributed by atoms with Crippen LogP contribution in [0.5, 0.6) is 0 Å². The van der Waals surface area contributed by atoms with Gasteiger partial charge in [0.1, 0.15) is 4.83 Å². The summed E-state index contributed by atoms with van der Waals surface area (Å²) in [5, 5.41) is 8.68. The number of aromatic nitrogens is 2. The Bertz CT molecular complexity index is 1140. The molecule has 0 fully saturated rings. The predicted octanol–water partition coefficient (Wildman–Crippen LogP) is 6.08. The average Bonchev–Trinajstić information content (AvgIpc) is 3.24. The minimum Gasteiger partial charge on any atom is -0.321 e. The van der Waals surface area contributed by atoms with Gasteiger partial charge in [-0.15, -0.1) is 11.3 Å². The molecule has 1 N–H and O–H groups in total. The van der Waals surface area contributed by atoms with Gasteiger partial charge in [0.05, 0.1) is 16.3 Å². The van der Waals surface area contributed by atoms with Gasteiger partial charge in [-0.2, -0.15) is 5.10 Å². The topological polar surface area (TPSA) is 46.9 Å². The summed E-state index contributed by atoms with van der Waals surface area (Å²) in [7, 11) is 0. The standard InChI is InChI=1S/C23H23N3OS/c1-14(2)17-7-9-18(10-8-17)24-22(27)21-13-20-16(4)25-26(23(20)28-21)19-11-5-15(3)6-12-19/h5-14H,1-4H3,(H,24,27). The van der Waals surface area contributed by atoms with E-state index >= 15 is 0 Å². The summed E-state index contributed by atoms with van der Waals surface area (Å²) < 4.78 is 1.92. The van der Waals surface area contributed by atoms with Crippen molar-refractivity contribution >= 4 is 33.1 Å². The predicted molar refractivity (Wildman–Crippen MR) is 117 cm³/mol. The number of hydrogen-bond acceptors (Lipinski definition) is 3. The van der Waals surface area contributed by atoms with E-state index in [9.17, 15) is 4.79 Å². The van der Waals surface area contributed by atoms with Crippen LogP contribution in [0.15, 0.2) is 54.6 Å². The lowest BCUT2D eigenvalue weighted by Gasteiger charge is -2.07. The second-order valence-corrected chi connectivity index (χ2v) is 8.42. The van der Waals surface area contributed by atoms with E-state index in [0.29, 0.717) is 10.8 Å². The molecule has 0 bridgehead atoms. The van der Waals surface area contributed by atoms with Gasteiger partial charge in [-0.1, -0.05) is 43.7 Å². The maximum Gasteiger partial charge on any atom is 0.265 e. The van der Waals surface area contributed by atoms with Crippen molar-refractivity contribution in [3.63, 3.8) is 0 Å². The molecular weight excluding hydrogens is 366 g/mol. The van der Waals surface area contributed by atoms with E-state index in [4.69, 9.17) is 0 Å². The van der Waals surface area contributed by atoms with Gasteiger partial charge in [0.25, 0.3) is 5.91 Å². The fourth-order valence-corrected chi connectivity index (χ4v) is 4.24. The van der Waals surface area contributed by atoms with Crippen molar-refractivity contribution in [3.05, 3.63) is 76.3 Å². The number of nitrogens with one attached hydrogen (secondary N) is 1. The number of nitrogens with zero attached hydrogens (tertiary/aromatic N) is 2. The van der Waals surface area contributed by atoms with Crippen LogP contribution in [-0.4, -0.2) is 15.7 Å². The minimum absolute atomic E-state index is 0.0895. The number of amides is 1. The van der Waals surface area contributed by atoms with Crippen molar-refractivity contribution in [2.75, 3.05) is 5.32 Å². The first-order valence-electron chi connectivity index (χ1n) is 9.40. The van der Waals surface area contributed by atoms with E-state index in [1.54, 1.807) is 0 Å². The molecule has 2 heterocycles. The normalized spacial score (nSPS) is 11.3. The molecule has 0 spiro atoms. The van der Waals surface area contributed by atoms with Gasteiger partial charge in [-0.25, -0.2) is 4.68 Å². The Balaban J connectivity index is 1.63. The Labute approximate surface area is 168 Å². The van der Waals surface area contributed by atoms with E-state index in [1.807, 2.05) is 29.8 Å². The number of anilines is 1. The van der Waals surface area contributed by atoms with Gasteiger partial charge in [0, 0.05) is 11.1 Å². The fraction of sp³-hybridized carbons (Fsp3) is 0.217. The average molecular weight is 390 g/mol. The zero-order valence-electron chi connectivity index (χ0n) is 16.5. The Morgan fingerprint density at radius 2 is 1.71 bits per heavy atom. The highest BCUT2D eigenvalue weighted by molar-refractivity contribution is 7.20. The Hall–Kier alpha value is -2.92. The van der Waals surface area contributed by atoms with Crippen molar-refractivity contribution in [2.45, 2.75) is 33.6 Å². The molecule has 4 rings (SSSR count). The molecule has 0 atom stereocenters. The molecule has 0 unspecified atom stereocenters. The van der Waals surface area contributed by atoms with Crippen LogP contribution in [0.3, 0.4) is 0 Å². The third-order valence-electron chi connectivity index (χ3n) is 4.88. The van der Waals surface area contributed by atoms with Gasteiger partial charge < -0.3 is 5.32 Å². The third-order valence-corrected chi connectivity index (χ3v) is 5.99. The molecule has 4 aromatic rings. The third kappa shape index (κ3) is 3.45. The smallest absolute Gasteiger partial charge is 0.265 e. The molecule has 0 aliphatic heterocycles. The molecule has 1 amide bonds. The van der Waals surface area contributed by atoms with Gasteiger partial charge in [-0.3, -0.25) is 4.79 Å². The Kier molecular flexibility index (Phi) is 4.77. The van der Waals surface area contributed by atoms with Crippen LogP contribution < -0.4 is 5.32 Å². The van der Waals surface area contributed by atoms with Crippen molar-refractivity contribution in [1.82, 2.24) is 9.78 Å². The highest BCUT2D eigenvalue weighted by atomic mass is 32.1. The maximum atomic E-state index is 12.8. The molecule has 0 aliphatic carbocycles. The number of benzene rings is 2. The first-order chi connectivity index (χ1) is 13.4. The molecule has 0 aliphatic rings. The van der Waals surface area contributed by atoms with E-state index < -0.39 is 0 Å². The Morgan fingerprint density at radius 1 is 1.04 bits per heavy atom. The molecule has 0 saturated carbocycles. The van der Waals surface area contributed by atoms with Gasteiger partial charge in [-0.05, 0) is 55.7 Å². The number of thiophene rings is 1. The monoisotopic (exact) mass is 389 g/mol.